The molecular weight excluding hydrogens is 239 g/mol. The van der Waals surface area contributed by atoms with Crippen LogP contribution in [0.2, 0.25) is 0 Å². The summed E-state index contributed by atoms with van der Waals surface area (Å²) in [5.41, 5.74) is 2.84. The molecule has 0 radical (unpaired) electrons. The number of carbonyl (C=O) groups is 1. The van der Waals surface area contributed by atoms with Crippen LogP contribution >= 0.6 is 0 Å². The Labute approximate surface area is 112 Å². The molecule has 0 saturated carbocycles. The van der Waals surface area contributed by atoms with E-state index in [1.807, 2.05) is 18.2 Å². The number of hydrogen-bond donors (Lipinski definition) is 0. The molecule has 0 saturated heterocycles. The van der Waals surface area contributed by atoms with Crippen molar-refractivity contribution >= 4 is 5.78 Å². The van der Waals surface area contributed by atoms with E-state index < -0.39 is 0 Å². The van der Waals surface area contributed by atoms with Gasteiger partial charge in [-0.2, -0.15) is 0 Å². The summed E-state index contributed by atoms with van der Waals surface area (Å²) in [5.74, 6) is -0.437. The van der Waals surface area contributed by atoms with Gasteiger partial charge < -0.3 is 0 Å². The van der Waals surface area contributed by atoms with E-state index in [4.69, 9.17) is 0 Å². The molecule has 96 valence electrons. The summed E-state index contributed by atoms with van der Waals surface area (Å²) in [6.07, 6.45) is 2.90. The van der Waals surface area contributed by atoms with Crippen molar-refractivity contribution in [2.24, 2.45) is 0 Å². The van der Waals surface area contributed by atoms with Gasteiger partial charge in [0.2, 0.25) is 0 Å². The summed E-state index contributed by atoms with van der Waals surface area (Å²) in [6.45, 7) is 0. The molecular formula is C17H15FO. The first-order valence-corrected chi connectivity index (χ1v) is 6.63. The first-order chi connectivity index (χ1) is 9.25. The minimum Gasteiger partial charge on any atom is -0.293 e. The third-order valence-corrected chi connectivity index (χ3v) is 3.80. The number of ketones is 1. The normalized spacial score (nSPS) is 17.8. The van der Waals surface area contributed by atoms with Gasteiger partial charge in [-0.3, -0.25) is 4.79 Å². The molecule has 0 heterocycles. The predicted molar refractivity (Wildman–Crippen MR) is 72.9 cm³/mol. The largest absolute Gasteiger partial charge is 0.293 e. The zero-order chi connectivity index (χ0) is 13.2. The predicted octanol–water partition coefficient (Wildman–Crippen LogP) is 4.13. The van der Waals surface area contributed by atoms with Crippen molar-refractivity contribution in [1.82, 2.24) is 0 Å². The van der Waals surface area contributed by atoms with E-state index in [1.165, 1.54) is 17.7 Å². The van der Waals surface area contributed by atoms with Crippen LogP contribution in [0.1, 0.15) is 40.2 Å². The summed E-state index contributed by atoms with van der Waals surface area (Å²) in [7, 11) is 0. The van der Waals surface area contributed by atoms with Crippen molar-refractivity contribution in [2.75, 3.05) is 0 Å². The zero-order valence-electron chi connectivity index (χ0n) is 10.6. The van der Waals surface area contributed by atoms with E-state index in [0.29, 0.717) is 5.56 Å². The monoisotopic (exact) mass is 254 g/mol. The number of aryl methyl sites for hydroxylation is 1. The maximum atomic E-state index is 13.2. The van der Waals surface area contributed by atoms with Crippen LogP contribution in [0.4, 0.5) is 4.39 Å². The molecule has 1 aliphatic carbocycles. The summed E-state index contributed by atoms with van der Waals surface area (Å²) in [6, 6.07) is 14.1. The Kier molecular flexibility index (Phi) is 3.16. The molecule has 0 amide bonds. The molecule has 19 heavy (non-hydrogen) atoms. The average Bonchev–Trinajstić information content (AvgIpc) is 2.46. The van der Waals surface area contributed by atoms with Crippen molar-refractivity contribution in [3.05, 3.63) is 71.0 Å². The molecule has 2 aromatic rings. The van der Waals surface area contributed by atoms with Crippen molar-refractivity contribution in [2.45, 2.75) is 25.2 Å². The Balaban J connectivity index is 1.98. The lowest BCUT2D eigenvalue weighted by atomic mass is 9.79. The molecule has 0 fully saturated rings. The van der Waals surface area contributed by atoms with Crippen LogP contribution in [0.3, 0.4) is 0 Å². The lowest BCUT2D eigenvalue weighted by molar-refractivity contribution is 0.0950. The van der Waals surface area contributed by atoms with Gasteiger partial charge in [0.15, 0.2) is 5.78 Å². The van der Waals surface area contributed by atoms with E-state index in [2.05, 4.69) is 6.07 Å². The van der Waals surface area contributed by atoms with Gasteiger partial charge in [0.25, 0.3) is 0 Å². The number of rotatable bonds is 2. The lowest BCUT2D eigenvalue weighted by Crippen LogP contribution is -2.18. The third kappa shape index (κ3) is 2.30. The maximum Gasteiger partial charge on any atom is 0.170 e. The Bertz CT molecular complexity index is 618. The zero-order valence-corrected chi connectivity index (χ0v) is 10.6. The van der Waals surface area contributed by atoms with Gasteiger partial charge in [0, 0.05) is 11.5 Å². The van der Waals surface area contributed by atoms with Gasteiger partial charge in [-0.15, -0.1) is 0 Å². The molecule has 0 aromatic heterocycles. The quantitative estimate of drug-likeness (QED) is 0.736. The van der Waals surface area contributed by atoms with Gasteiger partial charge in [0.05, 0.1) is 0 Å². The van der Waals surface area contributed by atoms with Gasteiger partial charge in [-0.1, -0.05) is 36.4 Å². The molecule has 2 heteroatoms. The number of halogens is 1. The molecule has 0 aliphatic heterocycles. The molecule has 0 bridgehead atoms. The minimum absolute atomic E-state index is 0.0339. The van der Waals surface area contributed by atoms with Crippen LogP contribution in [-0.2, 0) is 6.42 Å². The summed E-state index contributed by atoms with van der Waals surface area (Å²) < 4.78 is 13.2. The molecule has 0 spiro atoms. The van der Waals surface area contributed by atoms with Crippen molar-refractivity contribution in [3.8, 4) is 0 Å². The smallest absolute Gasteiger partial charge is 0.170 e. The molecule has 2 aromatic carbocycles. The second-order valence-corrected chi connectivity index (χ2v) is 5.02. The Morgan fingerprint density at radius 3 is 2.79 bits per heavy atom. The van der Waals surface area contributed by atoms with Gasteiger partial charge >= 0.3 is 0 Å². The van der Waals surface area contributed by atoms with Crippen LogP contribution < -0.4 is 0 Å². The maximum absolute atomic E-state index is 13.2. The SMILES string of the molecule is O=C(c1cccc(F)c1)C1CCCc2ccccc21. The number of hydrogen-bond acceptors (Lipinski definition) is 1. The number of Topliss-reactive ketones (excluding diaryl/α,β-unsaturated/α-hetero) is 1. The molecule has 1 atom stereocenters. The van der Waals surface area contributed by atoms with E-state index in [9.17, 15) is 9.18 Å². The molecule has 1 aliphatic rings. The number of fused-ring (bicyclic) bond motifs is 1. The molecule has 3 rings (SSSR count). The van der Waals surface area contributed by atoms with Crippen LogP contribution in [-0.4, -0.2) is 5.78 Å². The van der Waals surface area contributed by atoms with Crippen molar-refractivity contribution in [3.63, 3.8) is 0 Å². The lowest BCUT2D eigenvalue weighted by Gasteiger charge is -2.24. The molecule has 0 N–H and O–H groups in total. The second kappa shape index (κ2) is 4.96. The van der Waals surface area contributed by atoms with E-state index in [-0.39, 0.29) is 17.5 Å². The first kappa shape index (κ1) is 12.1. The average molecular weight is 254 g/mol. The van der Waals surface area contributed by atoms with Crippen molar-refractivity contribution in [1.29, 1.82) is 0 Å². The Hall–Kier alpha value is -1.96. The van der Waals surface area contributed by atoms with Gasteiger partial charge in [-0.05, 0) is 42.5 Å². The summed E-state index contributed by atoms with van der Waals surface area (Å²) in [4.78, 5) is 12.5. The fourth-order valence-electron chi connectivity index (χ4n) is 2.87. The number of benzene rings is 2. The highest BCUT2D eigenvalue weighted by molar-refractivity contribution is 6.01. The molecule has 1 unspecified atom stereocenters. The number of carbonyl (C=O) groups excluding carboxylic acids is 1. The van der Waals surface area contributed by atoms with Crippen molar-refractivity contribution < 1.29 is 9.18 Å². The standard InChI is InChI=1S/C17H15FO/c18-14-8-3-7-13(11-14)17(19)16-10-4-6-12-5-1-2-9-15(12)16/h1-3,5,7-9,11,16H,4,6,10H2. The Morgan fingerprint density at radius 2 is 1.95 bits per heavy atom. The van der Waals surface area contributed by atoms with Crippen LogP contribution in [0.15, 0.2) is 48.5 Å². The highest BCUT2D eigenvalue weighted by Crippen LogP contribution is 2.33. The fraction of sp³-hybridized carbons (Fsp3) is 0.235. The first-order valence-electron chi connectivity index (χ1n) is 6.63. The second-order valence-electron chi connectivity index (χ2n) is 5.02. The van der Waals surface area contributed by atoms with Gasteiger partial charge in [-0.25, -0.2) is 4.39 Å². The van der Waals surface area contributed by atoms with E-state index in [1.54, 1.807) is 12.1 Å². The van der Waals surface area contributed by atoms with Crippen LogP contribution in [0, 0.1) is 5.82 Å². The Morgan fingerprint density at radius 1 is 1.11 bits per heavy atom. The topological polar surface area (TPSA) is 17.1 Å². The fourth-order valence-corrected chi connectivity index (χ4v) is 2.87. The van der Waals surface area contributed by atoms with Crippen LogP contribution in [0.5, 0.6) is 0 Å². The van der Waals surface area contributed by atoms with E-state index >= 15 is 0 Å². The highest BCUT2D eigenvalue weighted by atomic mass is 19.1. The van der Waals surface area contributed by atoms with Crippen LogP contribution in [0.25, 0.3) is 0 Å². The van der Waals surface area contributed by atoms with E-state index in [0.717, 1.165) is 24.8 Å². The highest BCUT2D eigenvalue weighted by Gasteiger charge is 2.26. The third-order valence-electron chi connectivity index (χ3n) is 3.80. The summed E-state index contributed by atoms with van der Waals surface area (Å²) >= 11 is 0. The van der Waals surface area contributed by atoms with Gasteiger partial charge in [0.1, 0.15) is 5.82 Å². The molecule has 1 nitrogen and oxygen atoms in total. The summed E-state index contributed by atoms with van der Waals surface area (Å²) in [5, 5.41) is 0. The minimum atomic E-state index is -0.352.